The molecule has 0 aliphatic carbocycles. The number of aryl methyl sites for hydroxylation is 1. The van der Waals surface area contributed by atoms with Gasteiger partial charge in [0.2, 0.25) is 0 Å². The predicted molar refractivity (Wildman–Crippen MR) is 106 cm³/mol. The quantitative estimate of drug-likeness (QED) is 0.707. The number of methoxy groups -OCH3 is 1. The lowest BCUT2D eigenvalue weighted by Gasteiger charge is -2.07. The maximum absolute atomic E-state index is 12.3. The Kier molecular flexibility index (Phi) is 5.71. The van der Waals surface area contributed by atoms with E-state index >= 15 is 0 Å². The minimum atomic E-state index is -0.393. The second-order valence-electron chi connectivity index (χ2n) is 6.33. The molecule has 1 amide bonds. The summed E-state index contributed by atoms with van der Waals surface area (Å²) in [4.78, 5) is 27.4. The Balaban J connectivity index is 1.62. The van der Waals surface area contributed by atoms with E-state index in [0.29, 0.717) is 18.7 Å². The first-order valence-electron chi connectivity index (χ1n) is 8.78. The first-order chi connectivity index (χ1) is 13.1. The van der Waals surface area contributed by atoms with E-state index in [4.69, 9.17) is 4.74 Å². The summed E-state index contributed by atoms with van der Waals surface area (Å²) in [6.07, 6.45) is 0.676. The lowest BCUT2D eigenvalue weighted by Crippen LogP contribution is -2.31. The van der Waals surface area contributed by atoms with Gasteiger partial charge in [-0.15, -0.1) is 0 Å². The van der Waals surface area contributed by atoms with Gasteiger partial charge in [0, 0.05) is 12.2 Å². The first kappa shape index (κ1) is 18.5. The molecule has 2 N–H and O–H groups in total. The van der Waals surface area contributed by atoms with Crippen LogP contribution >= 0.6 is 0 Å². The van der Waals surface area contributed by atoms with E-state index in [0.717, 1.165) is 22.4 Å². The molecule has 0 aliphatic rings. The molecule has 5 nitrogen and oxygen atoms in total. The van der Waals surface area contributed by atoms with E-state index in [1.807, 2.05) is 55.5 Å². The molecule has 138 valence electrons. The van der Waals surface area contributed by atoms with Gasteiger partial charge in [-0.25, -0.2) is 0 Å². The molecule has 27 heavy (non-hydrogen) atoms. The zero-order valence-corrected chi connectivity index (χ0v) is 15.4. The van der Waals surface area contributed by atoms with Crippen LogP contribution in [0.3, 0.4) is 0 Å². The fraction of sp³-hybridized carbons (Fsp3) is 0.182. The topological polar surface area (TPSA) is 71.2 Å². The molecule has 0 radical (unpaired) electrons. The fourth-order valence-corrected chi connectivity index (χ4v) is 2.76. The van der Waals surface area contributed by atoms with Crippen molar-refractivity contribution in [1.82, 2.24) is 10.3 Å². The summed E-state index contributed by atoms with van der Waals surface area (Å²) in [5.41, 5.74) is 3.54. The number of nitrogens with one attached hydrogen (secondary N) is 2. The summed E-state index contributed by atoms with van der Waals surface area (Å²) < 4.78 is 5.12. The van der Waals surface area contributed by atoms with Crippen LogP contribution in [0.2, 0.25) is 0 Å². The number of ether oxygens (including phenoxy) is 1. The van der Waals surface area contributed by atoms with Crippen LogP contribution in [0.5, 0.6) is 5.75 Å². The lowest BCUT2D eigenvalue weighted by molar-refractivity contribution is 0.0952. The highest BCUT2D eigenvalue weighted by Crippen LogP contribution is 2.16. The molecule has 1 aromatic heterocycles. The Bertz CT molecular complexity index is 974. The number of aromatic amines is 1. The van der Waals surface area contributed by atoms with E-state index in [-0.39, 0.29) is 11.5 Å². The van der Waals surface area contributed by atoms with Crippen LogP contribution in [0, 0.1) is 6.92 Å². The van der Waals surface area contributed by atoms with Crippen LogP contribution in [-0.4, -0.2) is 24.5 Å². The van der Waals surface area contributed by atoms with E-state index in [9.17, 15) is 9.59 Å². The Hall–Kier alpha value is -3.34. The first-order valence-corrected chi connectivity index (χ1v) is 8.78. The van der Waals surface area contributed by atoms with E-state index in [2.05, 4.69) is 10.3 Å². The monoisotopic (exact) mass is 362 g/mol. The highest BCUT2D eigenvalue weighted by molar-refractivity contribution is 5.94. The molecule has 0 bridgehead atoms. The minimum Gasteiger partial charge on any atom is -0.497 e. The molecule has 0 aliphatic heterocycles. The van der Waals surface area contributed by atoms with Gasteiger partial charge < -0.3 is 15.0 Å². The third kappa shape index (κ3) is 4.64. The average Bonchev–Trinajstić information content (AvgIpc) is 2.69. The van der Waals surface area contributed by atoms with E-state index in [1.54, 1.807) is 19.2 Å². The molecule has 2 aromatic carbocycles. The van der Waals surface area contributed by atoms with Crippen molar-refractivity contribution in [2.45, 2.75) is 13.3 Å². The summed E-state index contributed by atoms with van der Waals surface area (Å²) in [5, 5.41) is 2.79. The number of H-pyrrole nitrogens is 1. The number of carbonyl (C=O) groups excluding carboxylic acids is 1. The molecule has 3 aromatic rings. The number of carbonyl (C=O) groups is 1. The smallest absolute Gasteiger partial charge is 0.261 e. The van der Waals surface area contributed by atoms with Gasteiger partial charge in [0.25, 0.3) is 11.5 Å². The van der Waals surface area contributed by atoms with Gasteiger partial charge in [-0.3, -0.25) is 9.59 Å². The molecule has 0 spiro atoms. The van der Waals surface area contributed by atoms with Crippen LogP contribution in [-0.2, 0) is 6.42 Å². The Morgan fingerprint density at radius 3 is 2.33 bits per heavy atom. The second kappa shape index (κ2) is 8.36. The van der Waals surface area contributed by atoms with Gasteiger partial charge in [0.05, 0.1) is 7.11 Å². The highest BCUT2D eigenvalue weighted by Gasteiger charge is 2.11. The third-order valence-electron chi connectivity index (χ3n) is 4.37. The second-order valence-corrected chi connectivity index (χ2v) is 6.33. The lowest BCUT2D eigenvalue weighted by atomic mass is 10.1. The van der Waals surface area contributed by atoms with Crippen LogP contribution in [0.25, 0.3) is 11.3 Å². The molecule has 3 rings (SSSR count). The Labute approximate surface area is 158 Å². The molecule has 5 heteroatoms. The van der Waals surface area contributed by atoms with Crippen LogP contribution in [0.15, 0.2) is 65.5 Å². The SMILES string of the molecule is COc1ccc(CCNC(=O)c2ccc(-c3ccc(C)cc3)[nH]c2=O)cc1. The van der Waals surface area contributed by atoms with E-state index in [1.165, 1.54) is 0 Å². The maximum atomic E-state index is 12.3. The van der Waals surface area contributed by atoms with Crippen LogP contribution in [0.1, 0.15) is 21.5 Å². The van der Waals surface area contributed by atoms with Crippen molar-refractivity contribution in [2.24, 2.45) is 0 Å². The molecule has 1 heterocycles. The van der Waals surface area contributed by atoms with Gasteiger partial charge in [0.1, 0.15) is 11.3 Å². The third-order valence-corrected chi connectivity index (χ3v) is 4.37. The van der Waals surface area contributed by atoms with Gasteiger partial charge in [-0.2, -0.15) is 0 Å². The Morgan fingerprint density at radius 1 is 1.00 bits per heavy atom. The zero-order chi connectivity index (χ0) is 19.2. The van der Waals surface area contributed by atoms with Gasteiger partial charge >= 0.3 is 0 Å². The molecular weight excluding hydrogens is 340 g/mol. The number of hydrogen-bond acceptors (Lipinski definition) is 3. The maximum Gasteiger partial charge on any atom is 0.261 e. The number of amides is 1. The summed E-state index contributed by atoms with van der Waals surface area (Å²) in [7, 11) is 1.62. The molecule has 0 atom stereocenters. The van der Waals surface area contributed by atoms with Crippen molar-refractivity contribution >= 4 is 5.91 Å². The normalized spacial score (nSPS) is 10.4. The molecule has 0 saturated heterocycles. The Morgan fingerprint density at radius 2 is 1.70 bits per heavy atom. The van der Waals surface area contributed by atoms with Crippen molar-refractivity contribution in [3.05, 3.63) is 87.7 Å². The molecule has 0 saturated carbocycles. The summed E-state index contributed by atoms with van der Waals surface area (Å²) >= 11 is 0. The predicted octanol–water partition coefficient (Wildman–Crippen LogP) is 3.33. The zero-order valence-electron chi connectivity index (χ0n) is 15.4. The fourth-order valence-electron chi connectivity index (χ4n) is 2.76. The van der Waals surface area contributed by atoms with Crippen molar-refractivity contribution in [3.63, 3.8) is 0 Å². The summed E-state index contributed by atoms with van der Waals surface area (Å²) in [5.74, 6) is 0.420. The van der Waals surface area contributed by atoms with Crippen molar-refractivity contribution < 1.29 is 9.53 Å². The minimum absolute atomic E-state index is 0.112. The molecule has 0 unspecified atom stereocenters. The number of benzene rings is 2. The van der Waals surface area contributed by atoms with Gasteiger partial charge in [-0.05, 0) is 48.7 Å². The average molecular weight is 362 g/mol. The standard InChI is InChI=1S/C22H22N2O3/c1-15-3-7-17(8-4-15)20-12-11-19(22(26)24-20)21(25)23-14-13-16-5-9-18(27-2)10-6-16/h3-12H,13-14H2,1-2H3,(H,23,25)(H,24,26). The van der Waals surface area contributed by atoms with Gasteiger partial charge in [0.15, 0.2) is 0 Å². The van der Waals surface area contributed by atoms with Gasteiger partial charge in [-0.1, -0.05) is 42.0 Å². The molecular formula is C22H22N2O3. The van der Waals surface area contributed by atoms with Crippen LogP contribution < -0.4 is 15.6 Å². The van der Waals surface area contributed by atoms with E-state index < -0.39 is 5.56 Å². The largest absolute Gasteiger partial charge is 0.497 e. The van der Waals surface area contributed by atoms with Crippen molar-refractivity contribution in [1.29, 1.82) is 0 Å². The van der Waals surface area contributed by atoms with Crippen molar-refractivity contribution in [3.8, 4) is 17.0 Å². The number of aromatic nitrogens is 1. The highest BCUT2D eigenvalue weighted by atomic mass is 16.5. The summed E-state index contributed by atoms with van der Waals surface area (Å²) in [6, 6.07) is 18.8. The summed E-state index contributed by atoms with van der Waals surface area (Å²) in [6.45, 7) is 2.45. The molecule has 0 fully saturated rings. The number of pyridine rings is 1. The number of hydrogen-bond donors (Lipinski definition) is 2. The van der Waals surface area contributed by atoms with Crippen molar-refractivity contribution in [2.75, 3.05) is 13.7 Å². The van der Waals surface area contributed by atoms with Crippen LogP contribution in [0.4, 0.5) is 0 Å². The number of rotatable bonds is 6.